The number of rotatable bonds is 4. The van der Waals surface area contributed by atoms with Crippen LogP contribution in [0.5, 0.6) is 0 Å². The summed E-state index contributed by atoms with van der Waals surface area (Å²) in [5, 5.41) is 0. The van der Waals surface area contributed by atoms with Gasteiger partial charge in [-0.2, -0.15) is 0 Å². The van der Waals surface area contributed by atoms with Gasteiger partial charge in [0.15, 0.2) is 5.60 Å². The predicted molar refractivity (Wildman–Crippen MR) is 114 cm³/mol. The second-order valence-electron chi connectivity index (χ2n) is 10.8. The summed E-state index contributed by atoms with van der Waals surface area (Å²) in [5.74, 6) is 0.237. The first-order chi connectivity index (χ1) is 14.7. The average Bonchev–Trinajstić information content (AvgIpc) is 3.61. The number of hydrogen-bond donors (Lipinski definition) is 0. The van der Waals surface area contributed by atoms with Crippen LogP contribution in [0.3, 0.4) is 0 Å². The highest BCUT2D eigenvalue weighted by atomic mass is 16.8. The lowest BCUT2D eigenvalue weighted by Crippen LogP contribution is -2.61. The SMILES string of the molecule is C=C1CC[C@]([CH2+])(C)[C@]23C[C@H]2[C@@H]2O[C@]2(C(C)C)[C@@H](OCc2ccccc2)[C@@]32OC2OC1=O. The quantitative estimate of drug-likeness (QED) is 0.314. The lowest BCUT2D eigenvalue weighted by atomic mass is 9.57. The van der Waals surface area contributed by atoms with Crippen molar-refractivity contribution < 1.29 is 23.7 Å². The minimum absolute atomic E-state index is 0.143. The number of esters is 1. The molecule has 1 unspecified atom stereocenters. The summed E-state index contributed by atoms with van der Waals surface area (Å²) in [7, 11) is 0. The molecule has 3 aliphatic heterocycles. The van der Waals surface area contributed by atoms with Crippen LogP contribution < -0.4 is 0 Å². The molecule has 0 N–H and O–H groups in total. The van der Waals surface area contributed by atoms with Crippen LogP contribution in [0.2, 0.25) is 0 Å². The highest BCUT2D eigenvalue weighted by molar-refractivity contribution is 5.88. The van der Waals surface area contributed by atoms with Gasteiger partial charge in [0, 0.05) is 11.5 Å². The van der Waals surface area contributed by atoms with Gasteiger partial charge in [0.05, 0.1) is 25.0 Å². The van der Waals surface area contributed by atoms with Crippen molar-refractivity contribution in [1.82, 2.24) is 0 Å². The topological polar surface area (TPSA) is 60.6 Å². The standard InChI is InChI=1S/C26H31O5/c1-15(2)25-19(30-25)18-13-24(18)23(4,5)12-11-16(3)20(27)29-22-26(24,31-22)21(25)28-14-17-9-7-6-8-10-17/h6-10,15,18-19,21-22H,3-4,11-14H2,1-2,5H3/q+1/t18-,19-,21+,22?,23-,24-,25-,26-/m0/s1. The average molecular weight is 424 g/mol. The van der Waals surface area contributed by atoms with Crippen LogP contribution in [-0.2, 0) is 30.3 Å². The first-order valence-electron chi connectivity index (χ1n) is 11.5. The molecule has 6 rings (SSSR count). The highest BCUT2D eigenvalue weighted by Crippen LogP contribution is 2.86. The van der Waals surface area contributed by atoms with Crippen molar-refractivity contribution in [2.24, 2.45) is 22.7 Å². The van der Waals surface area contributed by atoms with E-state index in [0.717, 1.165) is 18.4 Å². The summed E-state index contributed by atoms with van der Waals surface area (Å²) in [6.07, 6.45) is 1.51. The zero-order chi connectivity index (χ0) is 21.8. The van der Waals surface area contributed by atoms with Gasteiger partial charge in [-0.15, -0.1) is 0 Å². The van der Waals surface area contributed by atoms with E-state index < -0.39 is 17.5 Å². The molecule has 8 atom stereocenters. The number of fused-ring (bicyclic) bond motifs is 2. The predicted octanol–water partition coefficient (Wildman–Crippen LogP) is 4.21. The highest BCUT2D eigenvalue weighted by Gasteiger charge is 2.98. The van der Waals surface area contributed by atoms with E-state index in [1.165, 1.54) is 0 Å². The number of carbonyl (C=O) groups excluding carboxylic acids is 1. The fourth-order valence-electron chi connectivity index (χ4n) is 7.09. The Balaban J connectivity index is 1.44. The van der Waals surface area contributed by atoms with E-state index in [-0.39, 0.29) is 34.9 Å². The summed E-state index contributed by atoms with van der Waals surface area (Å²) in [6, 6.07) is 10.2. The van der Waals surface area contributed by atoms with Crippen LogP contribution >= 0.6 is 0 Å². The number of epoxide rings is 2. The summed E-state index contributed by atoms with van der Waals surface area (Å²) in [6.45, 7) is 15.7. The number of benzene rings is 1. The van der Waals surface area contributed by atoms with E-state index in [1.807, 2.05) is 18.2 Å². The lowest BCUT2D eigenvalue weighted by molar-refractivity contribution is -0.145. The normalized spacial score (nSPS) is 49.4. The summed E-state index contributed by atoms with van der Waals surface area (Å²) < 4.78 is 25.5. The molecule has 2 aliphatic carbocycles. The Morgan fingerprint density at radius 2 is 2.00 bits per heavy atom. The number of carbonyl (C=O) groups is 1. The second-order valence-corrected chi connectivity index (χ2v) is 10.8. The third-order valence-electron chi connectivity index (χ3n) is 8.91. The van der Waals surface area contributed by atoms with Crippen molar-refractivity contribution >= 4 is 5.97 Å². The molecule has 5 nitrogen and oxygen atoms in total. The number of hydrogen-bond acceptors (Lipinski definition) is 5. The fourth-order valence-corrected chi connectivity index (χ4v) is 7.09. The largest absolute Gasteiger partial charge is 0.429 e. The van der Waals surface area contributed by atoms with Gasteiger partial charge in [-0.05, 0) is 37.7 Å². The van der Waals surface area contributed by atoms with Gasteiger partial charge in [-0.1, -0.05) is 50.8 Å². The molecule has 31 heavy (non-hydrogen) atoms. The van der Waals surface area contributed by atoms with Crippen molar-refractivity contribution in [1.29, 1.82) is 0 Å². The Kier molecular flexibility index (Phi) is 3.80. The molecule has 0 amide bonds. The molecule has 164 valence electrons. The minimum atomic E-state index is -0.722. The Morgan fingerprint density at radius 1 is 1.26 bits per heavy atom. The molecule has 2 spiro atoms. The molecular weight excluding hydrogens is 392 g/mol. The second kappa shape index (κ2) is 5.94. The first-order valence-corrected chi connectivity index (χ1v) is 11.5. The Bertz CT molecular complexity index is 954. The van der Waals surface area contributed by atoms with E-state index in [9.17, 15) is 4.79 Å². The number of ether oxygens (including phenoxy) is 4. The van der Waals surface area contributed by atoms with Crippen molar-refractivity contribution in [3.63, 3.8) is 0 Å². The molecule has 2 saturated carbocycles. The first kappa shape index (κ1) is 19.8. The summed E-state index contributed by atoms with van der Waals surface area (Å²) >= 11 is 0. The van der Waals surface area contributed by atoms with E-state index in [2.05, 4.69) is 46.4 Å². The summed E-state index contributed by atoms with van der Waals surface area (Å²) in [5.41, 5.74) is -0.0644. The molecule has 0 radical (unpaired) electrons. The monoisotopic (exact) mass is 423 g/mol. The smallest absolute Gasteiger partial charge is 0.335 e. The molecule has 0 bridgehead atoms. The Morgan fingerprint density at radius 3 is 2.71 bits per heavy atom. The van der Waals surface area contributed by atoms with Crippen molar-refractivity contribution in [2.45, 2.75) is 76.3 Å². The maximum Gasteiger partial charge on any atom is 0.335 e. The maximum atomic E-state index is 12.7. The summed E-state index contributed by atoms with van der Waals surface area (Å²) in [4.78, 5) is 12.7. The maximum absolute atomic E-state index is 12.7. The zero-order valence-corrected chi connectivity index (χ0v) is 18.6. The molecule has 5 heteroatoms. The van der Waals surface area contributed by atoms with E-state index >= 15 is 0 Å². The van der Waals surface area contributed by atoms with E-state index in [0.29, 0.717) is 24.5 Å². The van der Waals surface area contributed by atoms with Crippen molar-refractivity contribution in [3.05, 3.63) is 55.0 Å². The lowest BCUT2D eigenvalue weighted by Gasteiger charge is -2.44. The van der Waals surface area contributed by atoms with Crippen LogP contribution in [0.4, 0.5) is 0 Å². The van der Waals surface area contributed by atoms with Crippen LogP contribution in [0.1, 0.15) is 45.6 Å². The van der Waals surface area contributed by atoms with Crippen LogP contribution in [0.25, 0.3) is 0 Å². The Hall–Kier alpha value is -1.82. The van der Waals surface area contributed by atoms with Gasteiger partial charge in [0.1, 0.15) is 17.1 Å². The molecule has 3 saturated heterocycles. The van der Waals surface area contributed by atoms with Gasteiger partial charge in [0.25, 0.3) is 0 Å². The molecule has 3 heterocycles. The van der Waals surface area contributed by atoms with Gasteiger partial charge in [-0.25, -0.2) is 4.79 Å². The van der Waals surface area contributed by atoms with Crippen molar-refractivity contribution in [3.8, 4) is 0 Å². The third kappa shape index (κ3) is 2.27. The van der Waals surface area contributed by atoms with E-state index in [1.54, 1.807) is 0 Å². The zero-order valence-electron chi connectivity index (χ0n) is 18.6. The van der Waals surface area contributed by atoms with Crippen molar-refractivity contribution in [2.75, 3.05) is 0 Å². The molecular formula is C26H31O5+. The van der Waals surface area contributed by atoms with Crippen LogP contribution in [-0.4, -0.2) is 35.7 Å². The molecule has 1 aromatic rings. The van der Waals surface area contributed by atoms with Gasteiger partial charge >= 0.3 is 5.97 Å². The molecule has 1 aromatic carbocycles. The minimum Gasteiger partial charge on any atom is -0.429 e. The van der Waals surface area contributed by atoms with Crippen LogP contribution in [0.15, 0.2) is 42.5 Å². The fraction of sp³-hybridized carbons (Fsp3) is 0.615. The molecule has 0 aromatic heterocycles. The van der Waals surface area contributed by atoms with Gasteiger partial charge < -0.3 is 18.9 Å². The van der Waals surface area contributed by atoms with E-state index in [4.69, 9.17) is 18.9 Å². The third-order valence-corrected chi connectivity index (χ3v) is 8.91. The van der Waals surface area contributed by atoms with Gasteiger partial charge in [-0.3, -0.25) is 0 Å². The Labute approximate surface area is 184 Å². The molecule has 5 fully saturated rings. The van der Waals surface area contributed by atoms with Gasteiger partial charge in [0.2, 0.25) is 6.29 Å². The molecule has 5 aliphatic rings. The van der Waals surface area contributed by atoms with Crippen LogP contribution in [0, 0.1) is 29.6 Å².